The molecule has 420 valence electrons. The maximum Gasteiger partial charge on any atom is 0.306 e. The van der Waals surface area contributed by atoms with Crippen molar-refractivity contribution in [3.63, 3.8) is 0 Å². The van der Waals surface area contributed by atoms with Gasteiger partial charge in [-0.2, -0.15) is 0 Å². The molecule has 1 atom stereocenters. The summed E-state index contributed by atoms with van der Waals surface area (Å²) < 4.78 is 16.8. The topological polar surface area (TPSA) is 78.9 Å². The fourth-order valence-corrected chi connectivity index (χ4v) is 8.10. The number of unbranched alkanes of at least 4 members (excludes halogenated alkanes) is 23. The van der Waals surface area contributed by atoms with Crippen LogP contribution in [0.25, 0.3) is 0 Å². The van der Waals surface area contributed by atoms with E-state index in [0.717, 1.165) is 154 Å². The smallest absolute Gasteiger partial charge is 0.306 e. The number of esters is 3. The Hall–Kier alpha value is -4.19. The average Bonchev–Trinajstić information content (AvgIpc) is 3.40. The maximum absolute atomic E-state index is 12.9. The van der Waals surface area contributed by atoms with E-state index >= 15 is 0 Å². The van der Waals surface area contributed by atoms with Gasteiger partial charge >= 0.3 is 17.9 Å². The van der Waals surface area contributed by atoms with Crippen LogP contribution in [0.5, 0.6) is 0 Å². The van der Waals surface area contributed by atoms with E-state index in [2.05, 4.69) is 142 Å². The van der Waals surface area contributed by atoms with E-state index < -0.39 is 6.10 Å². The minimum Gasteiger partial charge on any atom is -0.462 e. The lowest BCUT2D eigenvalue weighted by atomic mass is 10.1. The number of rotatable bonds is 54. The van der Waals surface area contributed by atoms with Gasteiger partial charge in [-0.3, -0.25) is 14.4 Å². The van der Waals surface area contributed by atoms with Gasteiger partial charge in [0.15, 0.2) is 6.10 Å². The van der Waals surface area contributed by atoms with Gasteiger partial charge in [0, 0.05) is 19.3 Å². The molecule has 0 aliphatic rings. The van der Waals surface area contributed by atoms with Crippen molar-refractivity contribution in [1.29, 1.82) is 0 Å². The zero-order valence-corrected chi connectivity index (χ0v) is 48.1. The highest BCUT2D eigenvalue weighted by atomic mass is 16.6. The molecule has 0 saturated heterocycles. The van der Waals surface area contributed by atoms with Gasteiger partial charge in [0.1, 0.15) is 13.2 Å². The van der Waals surface area contributed by atoms with Crippen LogP contribution in [0.2, 0.25) is 0 Å². The van der Waals surface area contributed by atoms with E-state index in [1.165, 1.54) is 77.0 Å². The van der Waals surface area contributed by atoms with Gasteiger partial charge in [0.05, 0.1) is 0 Å². The van der Waals surface area contributed by atoms with E-state index in [9.17, 15) is 14.4 Å². The fourth-order valence-electron chi connectivity index (χ4n) is 8.10. The van der Waals surface area contributed by atoms with Gasteiger partial charge in [0.25, 0.3) is 0 Å². The summed E-state index contributed by atoms with van der Waals surface area (Å²) in [5.74, 6) is -0.933. The van der Waals surface area contributed by atoms with E-state index in [4.69, 9.17) is 14.2 Å². The predicted octanol–water partition coefficient (Wildman–Crippen LogP) is 20.8. The third kappa shape index (κ3) is 58.7. The zero-order chi connectivity index (χ0) is 53.6. The van der Waals surface area contributed by atoms with Crippen molar-refractivity contribution in [3.8, 4) is 0 Å². The number of carbonyl (C=O) groups is 3. The van der Waals surface area contributed by atoms with Crippen molar-refractivity contribution in [3.05, 3.63) is 122 Å². The highest BCUT2D eigenvalue weighted by molar-refractivity contribution is 5.71. The number of carbonyl (C=O) groups excluding carboxylic acids is 3. The van der Waals surface area contributed by atoms with E-state index in [1.54, 1.807) is 0 Å². The van der Waals surface area contributed by atoms with Crippen LogP contribution in [0.15, 0.2) is 122 Å². The molecule has 0 saturated carbocycles. The zero-order valence-electron chi connectivity index (χ0n) is 48.1. The number of hydrogen-bond donors (Lipinski definition) is 0. The van der Waals surface area contributed by atoms with E-state index in [1.807, 2.05) is 0 Å². The molecule has 74 heavy (non-hydrogen) atoms. The summed E-state index contributed by atoms with van der Waals surface area (Å²) in [6, 6.07) is 0. The molecule has 0 bridgehead atoms. The molecule has 0 rings (SSSR count). The molecule has 0 spiro atoms. The number of ether oxygens (including phenoxy) is 3. The Morgan fingerprint density at radius 3 is 0.892 bits per heavy atom. The molecule has 0 aliphatic carbocycles. The molecular weight excluding hydrogens is 913 g/mol. The molecule has 6 heteroatoms. The fraction of sp³-hybridized carbons (Fsp3) is 0.662. The van der Waals surface area contributed by atoms with Gasteiger partial charge in [-0.1, -0.05) is 245 Å². The molecule has 0 aromatic heterocycles. The Morgan fingerprint density at radius 1 is 0.284 bits per heavy atom. The summed E-state index contributed by atoms with van der Waals surface area (Å²) in [5.41, 5.74) is 0. The van der Waals surface area contributed by atoms with Crippen LogP contribution in [0.4, 0.5) is 0 Å². The van der Waals surface area contributed by atoms with Crippen molar-refractivity contribution in [1.82, 2.24) is 0 Å². The first kappa shape index (κ1) is 69.8. The quantitative estimate of drug-likeness (QED) is 0.0261. The Balaban J connectivity index is 4.36. The number of allylic oxidation sites excluding steroid dienone is 20. The first-order valence-corrected chi connectivity index (χ1v) is 30.5. The largest absolute Gasteiger partial charge is 0.462 e. The van der Waals surface area contributed by atoms with Crippen molar-refractivity contribution < 1.29 is 28.6 Å². The van der Waals surface area contributed by atoms with Gasteiger partial charge in [0.2, 0.25) is 0 Å². The van der Waals surface area contributed by atoms with Crippen LogP contribution in [0.1, 0.15) is 271 Å². The van der Waals surface area contributed by atoms with Gasteiger partial charge in [-0.25, -0.2) is 0 Å². The molecule has 0 aromatic carbocycles. The molecular formula is C68H112O6. The maximum atomic E-state index is 12.9. The van der Waals surface area contributed by atoms with Crippen LogP contribution in [-0.2, 0) is 28.6 Å². The predicted molar refractivity (Wildman–Crippen MR) is 320 cm³/mol. The molecule has 0 aliphatic heterocycles. The monoisotopic (exact) mass is 1020 g/mol. The average molecular weight is 1030 g/mol. The second-order valence-corrected chi connectivity index (χ2v) is 19.9. The summed E-state index contributed by atoms with van der Waals surface area (Å²) in [4.78, 5) is 38.2. The number of hydrogen-bond acceptors (Lipinski definition) is 6. The summed E-state index contributed by atoms with van der Waals surface area (Å²) in [5, 5.41) is 0. The first-order valence-electron chi connectivity index (χ1n) is 30.5. The van der Waals surface area contributed by atoms with E-state index in [-0.39, 0.29) is 31.1 Å². The standard InChI is InChI=1S/C68H112O6/c1-4-7-10-13-16-19-22-24-26-28-30-32-33-34-35-37-38-40-42-44-46-49-52-55-58-61-67(70)73-64-65(63-72-66(69)60-57-54-51-48-21-18-15-12-9-6-3)74-68(71)62-59-56-53-50-47-45-43-41-39-36-31-29-27-25-23-20-17-14-11-8-5-2/h7,10,12,15-16,19,23-26,29-32,34-35,38-41,65H,4-6,8-9,11,13-14,17-18,20-22,27-28,33,36-37,42-64H2,1-3H3/b10-7-,15-12-,19-16-,25-23-,26-24-,31-29-,32-30-,35-34-,40-38-,41-39-. The van der Waals surface area contributed by atoms with Crippen LogP contribution >= 0.6 is 0 Å². The molecule has 0 amide bonds. The summed E-state index contributed by atoms with van der Waals surface area (Å²) in [6.45, 7) is 6.42. The lowest BCUT2D eigenvalue weighted by Gasteiger charge is -2.18. The lowest BCUT2D eigenvalue weighted by Crippen LogP contribution is -2.30. The van der Waals surface area contributed by atoms with Crippen LogP contribution in [0.3, 0.4) is 0 Å². The Bertz CT molecular complexity index is 1550. The molecule has 0 radical (unpaired) electrons. The second kappa shape index (κ2) is 61.4. The van der Waals surface area contributed by atoms with Crippen molar-refractivity contribution in [2.24, 2.45) is 0 Å². The first-order chi connectivity index (χ1) is 36.5. The normalized spacial score (nSPS) is 13.0. The summed E-state index contributed by atoms with van der Waals surface area (Å²) in [6.07, 6.45) is 84.8. The van der Waals surface area contributed by atoms with Crippen LogP contribution in [-0.4, -0.2) is 37.2 Å². The van der Waals surface area contributed by atoms with E-state index in [0.29, 0.717) is 19.3 Å². The molecule has 6 nitrogen and oxygen atoms in total. The highest BCUT2D eigenvalue weighted by Gasteiger charge is 2.19. The van der Waals surface area contributed by atoms with Crippen molar-refractivity contribution >= 4 is 17.9 Å². The van der Waals surface area contributed by atoms with Crippen LogP contribution < -0.4 is 0 Å². The minimum absolute atomic E-state index is 0.0953. The summed E-state index contributed by atoms with van der Waals surface area (Å²) in [7, 11) is 0. The van der Waals surface area contributed by atoms with Gasteiger partial charge < -0.3 is 14.2 Å². The Morgan fingerprint density at radius 2 is 0.554 bits per heavy atom. The van der Waals surface area contributed by atoms with Crippen LogP contribution in [0, 0.1) is 0 Å². The molecule has 0 heterocycles. The highest BCUT2D eigenvalue weighted by Crippen LogP contribution is 2.14. The lowest BCUT2D eigenvalue weighted by molar-refractivity contribution is -0.167. The molecule has 0 fully saturated rings. The SMILES string of the molecule is CC/C=C\C/C=C\C/C=C\C/C=C\C/C=C\C/C=C\CCCCCCCCC(=O)OCC(COC(=O)CCCCCCC/C=C\CCC)OC(=O)CCCCCCCC/C=C\C/C=C\C/C=C\CCCCCCC. The molecule has 0 aromatic rings. The third-order valence-electron chi connectivity index (χ3n) is 12.7. The van der Waals surface area contributed by atoms with Gasteiger partial charge in [-0.15, -0.1) is 0 Å². The Kier molecular flexibility index (Phi) is 57.9. The second-order valence-electron chi connectivity index (χ2n) is 19.9. The van der Waals surface area contributed by atoms with Crippen molar-refractivity contribution in [2.75, 3.05) is 13.2 Å². The molecule has 0 N–H and O–H groups in total. The molecule has 1 unspecified atom stereocenters. The minimum atomic E-state index is -0.799. The summed E-state index contributed by atoms with van der Waals surface area (Å²) >= 11 is 0. The van der Waals surface area contributed by atoms with Gasteiger partial charge in [-0.05, 0) is 128 Å². The van der Waals surface area contributed by atoms with Crippen molar-refractivity contribution in [2.45, 2.75) is 277 Å². The third-order valence-corrected chi connectivity index (χ3v) is 12.7. The Labute approximate surface area is 456 Å².